The molecule has 1 amide bonds. The van der Waals surface area contributed by atoms with Crippen LogP contribution in [0.25, 0.3) is 0 Å². The minimum Gasteiger partial charge on any atom is -0.486 e. The Morgan fingerprint density at radius 2 is 2.04 bits per heavy atom. The van der Waals surface area contributed by atoms with Crippen molar-refractivity contribution in [3.63, 3.8) is 0 Å². The first kappa shape index (κ1) is 16.5. The van der Waals surface area contributed by atoms with Crippen molar-refractivity contribution in [3.05, 3.63) is 18.2 Å². The second kappa shape index (κ2) is 7.93. The molecule has 1 saturated heterocycles. The lowest BCUT2D eigenvalue weighted by molar-refractivity contribution is -0.130. The number of carbonyl (C=O) groups excluding carboxylic acids is 1. The average Bonchev–Trinajstić information content (AvgIpc) is 2.79. The van der Waals surface area contributed by atoms with Gasteiger partial charge in [0.25, 0.3) is 0 Å². The average molecular weight is 336 g/mol. The quantitative estimate of drug-likeness (QED) is 0.855. The lowest BCUT2D eigenvalue weighted by Gasteiger charge is -2.20. The molecule has 1 aromatic carbocycles. The van der Waals surface area contributed by atoms with Crippen LogP contribution in [-0.2, 0) is 4.79 Å². The maximum absolute atomic E-state index is 12.3. The van der Waals surface area contributed by atoms with E-state index in [1.165, 1.54) is 0 Å². The van der Waals surface area contributed by atoms with Crippen LogP contribution < -0.4 is 15.2 Å². The smallest absolute Gasteiger partial charge is 0.223 e. The van der Waals surface area contributed by atoms with Crippen molar-refractivity contribution in [2.24, 2.45) is 5.73 Å². The third-order valence-corrected chi connectivity index (χ3v) is 5.22. The van der Waals surface area contributed by atoms with Crippen LogP contribution in [0.4, 0.5) is 0 Å². The third-order valence-electron chi connectivity index (χ3n) is 4.22. The molecule has 0 unspecified atom stereocenters. The van der Waals surface area contributed by atoms with Crippen molar-refractivity contribution in [2.75, 3.05) is 32.1 Å². The van der Waals surface area contributed by atoms with E-state index in [2.05, 4.69) is 0 Å². The summed E-state index contributed by atoms with van der Waals surface area (Å²) in [5.74, 6) is 2.62. The highest BCUT2D eigenvalue weighted by atomic mass is 32.2. The van der Waals surface area contributed by atoms with Crippen molar-refractivity contribution >= 4 is 17.7 Å². The van der Waals surface area contributed by atoms with E-state index in [0.29, 0.717) is 19.6 Å². The summed E-state index contributed by atoms with van der Waals surface area (Å²) in [5, 5.41) is 0. The molecule has 0 aromatic heterocycles. The first-order valence-electron chi connectivity index (χ1n) is 8.28. The first-order valence-corrected chi connectivity index (χ1v) is 9.27. The van der Waals surface area contributed by atoms with E-state index >= 15 is 0 Å². The molecule has 6 heteroatoms. The Hall–Kier alpha value is -1.40. The topological polar surface area (TPSA) is 64.8 Å². The molecule has 0 spiro atoms. The highest BCUT2D eigenvalue weighted by molar-refractivity contribution is 7.99. The number of rotatable bonds is 4. The van der Waals surface area contributed by atoms with E-state index in [0.717, 1.165) is 54.5 Å². The number of ether oxygens (including phenoxy) is 2. The Morgan fingerprint density at radius 3 is 2.91 bits per heavy atom. The van der Waals surface area contributed by atoms with E-state index < -0.39 is 0 Å². The van der Waals surface area contributed by atoms with Gasteiger partial charge in [0.05, 0.1) is 0 Å². The number of thioether (sulfide) groups is 1. The zero-order valence-corrected chi connectivity index (χ0v) is 14.1. The molecular weight excluding hydrogens is 312 g/mol. The SMILES string of the molecule is N[C@H]1CCCN(C(=O)CCSc2ccc3c(c2)OCCO3)CC1. The molecule has 2 aliphatic heterocycles. The summed E-state index contributed by atoms with van der Waals surface area (Å²) in [6.07, 6.45) is 3.52. The van der Waals surface area contributed by atoms with E-state index in [4.69, 9.17) is 15.2 Å². The maximum Gasteiger partial charge on any atom is 0.223 e. The van der Waals surface area contributed by atoms with Gasteiger partial charge in [0.15, 0.2) is 11.5 Å². The monoisotopic (exact) mass is 336 g/mol. The van der Waals surface area contributed by atoms with Crippen LogP contribution in [0.3, 0.4) is 0 Å². The van der Waals surface area contributed by atoms with E-state index in [1.54, 1.807) is 11.8 Å². The fraction of sp³-hybridized carbons (Fsp3) is 0.588. The van der Waals surface area contributed by atoms with Gasteiger partial charge in [-0.1, -0.05) is 0 Å². The Labute approximate surface area is 141 Å². The lowest BCUT2D eigenvalue weighted by atomic mass is 10.1. The molecule has 3 rings (SSSR count). The molecule has 23 heavy (non-hydrogen) atoms. The molecule has 0 bridgehead atoms. The molecule has 0 saturated carbocycles. The number of fused-ring (bicyclic) bond motifs is 1. The molecule has 5 nitrogen and oxygen atoms in total. The summed E-state index contributed by atoms with van der Waals surface area (Å²) in [6, 6.07) is 6.21. The van der Waals surface area contributed by atoms with Gasteiger partial charge < -0.3 is 20.1 Å². The molecule has 2 N–H and O–H groups in total. The Kier molecular flexibility index (Phi) is 5.67. The predicted molar refractivity (Wildman–Crippen MR) is 91.2 cm³/mol. The molecule has 1 aromatic rings. The lowest BCUT2D eigenvalue weighted by Crippen LogP contribution is -2.33. The van der Waals surface area contributed by atoms with E-state index in [1.807, 2.05) is 23.1 Å². The standard InChI is InChI=1S/C17H24N2O3S/c18-13-2-1-7-19(8-5-13)17(20)6-11-23-14-3-4-15-16(12-14)22-10-9-21-15/h3-4,12-13H,1-2,5-11,18H2/t13-/m0/s1. The van der Waals surface area contributed by atoms with Gasteiger partial charge in [0.2, 0.25) is 5.91 Å². The van der Waals surface area contributed by atoms with Crippen molar-refractivity contribution in [3.8, 4) is 11.5 Å². The van der Waals surface area contributed by atoms with Crippen molar-refractivity contribution in [2.45, 2.75) is 36.6 Å². The Bertz CT molecular complexity index is 553. The minimum absolute atomic E-state index is 0.240. The molecular formula is C17H24N2O3S. The van der Waals surface area contributed by atoms with Crippen molar-refractivity contribution in [1.29, 1.82) is 0 Å². The van der Waals surface area contributed by atoms with Gasteiger partial charge >= 0.3 is 0 Å². The predicted octanol–water partition coefficient (Wildman–Crippen LogP) is 2.28. The second-order valence-corrected chi connectivity index (χ2v) is 7.14. The van der Waals surface area contributed by atoms with Gasteiger partial charge in [-0.3, -0.25) is 4.79 Å². The van der Waals surface area contributed by atoms with Gasteiger partial charge in [-0.15, -0.1) is 11.8 Å². The molecule has 1 atom stereocenters. The second-order valence-electron chi connectivity index (χ2n) is 5.98. The molecule has 2 aliphatic rings. The molecule has 0 aliphatic carbocycles. The van der Waals surface area contributed by atoms with Gasteiger partial charge in [0.1, 0.15) is 13.2 Å². The van der Waals surface area contributed by atoms with Gasteiger partial charge in [0, 0.05) is 36.2 Å². The van der Waals surface area contributed by atoms with Crippen LogP contribution in [0.5, 0.6) is 11.5 Å². The van der Waals surface area contributed by atoms with Crippen molar-refractivity contribution in [1.82, 2.24) is 4.90 Å². The molecule has 0 radical (unpaired) electrons. The summed E-state index contributed by atoms with van der Waals surface area (Å²) in [6.45, 7) is 2.85. The zero-order chi connectivity index (χ0) is 16.1. The van der Waals surface area contributed by atoms with Crippen LogP contribution in [0.2, 0.25) is 0 Å². The number of nitrogens with zero attached hydrogens (tertiary/aromatic N) is 1. The number of hydrogen-bond donors (Lipinski definition) is 1. The molecule has 1 fully saturated rings. The Morgan fingerprint density at radius 1 is 1.22 bits per heavy atom. The molecule has 2 heterocycles. The van der Waals surface area contributed by atoms with Gasteiger partial charge in [-0.25, -0.2) is 0 Å². The van der Waals surface area contributed by atoms with Gasteiger partial charge in [-0.2, -0.15) is 0 Å². The number of benzene rings is 1. The largest absolute Gasteiger partial charge is 0.486 e. The Balaban J connectivity index is 1.46. The molecule has 126 valence electrons. The summed E-state index contributed by atoms with van der Waals surface area (Å²) in [5.41, 5.74) is 5.96. The van der Waals surface area contributed by atoms with Gasteiger partial charge in [-0.05, 0) is 37.5 Å². The number of carbonyl (C=O) groups is 1. The summed E-state index contributed by atoms with van der Waals surface area (Å²) >= 11 is 1.68. The third kappa shape index (κ3) is 4.54. The number of likely N-dealkylation sites (tertiary alicyclic amines) is 1. The number of nitrogens with two attached hydrogens (primary N) is 1. The van der Waals surface area contributed by atoms with E-state index in [-0.39, 0.29) is 11.9 Å². The summed E-state index contributed by atoms with van der Waals surface area (Å²) in [4.78, 5) is 15.4. The highest BCUT2D eigenvalue weighted by Gasteiger charge is 2.18. The fourth-order valence-electron chi connectivity index (χ4n) is 2.90. The van der Waals surface area contributed by atoms with Crippen LogP contribution in [-0.4, -0.2) is 48.9 Å². The maximum atomic E-state index is 12.3. The van der Waals surface area contributed by atoms with E-state index in [9.17, 15) is 4.79 Å². The first-order chi connectivity index (χ1) is 11.2. The summed E-state index contributed by atoms with van der Waals surface area (Å²) < 4.78 is 11.1. The van der Waals surface area contributed by atoms with Crippen molar-refractivity contribution < 1.29 is 14.3 Å². The number of hydrogen-bond acceptors (Lipinski definition) is 5. The number of amides is 1. The normalized spacial score (nSPS) is 20.9. The van der Waals surface area contributed by atoms with Crippen LogP contribution in [0, 0.1) is 0 Å². The van der Waals surface area contributed by atoms with Crippen LogP contribution in [0.15, 0.2) is 23.1 Å². The summed E-state index contributed by atoms with van der Waals surface area (Å²) in [7, 11) is 0. The van der Waals surface area contributed by atoms with Crippen LogP contribution in [0.1, 0.15) is 25.7 Å². The zero-order valence-electron chi connectivity index (χ0n) is 13.3. The minimum atomic E-state index is 0.240. The highest BCUT2D eigenvalue weighted by Crippen LogP contribution is 2.34. The van der Waals surface area contributed by atoms with Crippen LogP contribution >= 0.6 is 11.8 Å². The fourth-order valence-corrected chi connectivity index (χ4v) is 3.77.